The molecule has 0 aliphatic heterocycles. The van der Waals surface area contributed by atoms with Gasteiger partial charge in [0.05, 0.1) is 0 Å². The Morgan fingerprint density at radius 2 is 1.89 bits per heavy atom. The van der Waals surface area contributed by atoms with E-state index in [2.05, 4.69) is 0 Å². The van der Waals surface area contributed by atoms with Crippen molar-refractivity contribution >= 4 is 18.3 Å². The summed E-state index contributed by atoms with van der Waals surface area (Å²) in [7, 11) is 0. The maximum atomic E-state index is 10.1. The van der Waals surface area contributed by atoms with Gasteiger partial charge in [-0.3, -0.25) is 4.79 Å². The first-order valence-electron chi connectivity index (χ1n) is 2.11. The Morgan fingerprint density at radius 1 is 1.56 bits per heavy atom. The first kappa shape index (κ1) is 15.8. The molecule has 3 nitrogen and oxygen atoms in total. The minimum atomic E-state index is -0.345. The van der Waals surface area contributed by atoms with E-state index in [0.717, 1.165) is 0 Å². The Balaban J connectivity index is -0.000000180. The number of hydrogen-bond donors (Lipinski definition) is 2. The summed E-state index contributed by atoms with van der Waals surface area (Å²) >= 11 is 0. The third kappa shape index (κ3) is 7.46. The standard InChI is InChI=1S/C5H9NO.ClH.H3N/c1-3-4(2)5(6)7;;/h3H,1-2H3,(H2,6,7);1H;1H3. The maximum absolute atomic E-state index is 10.1. The summed E-state index contributed by atoms with van der Waals surface area (Å²) in [5.41, 5.74) is 5.45. The molecule has 0 heterocycles. The van der Waals surface area contributed by atoms with E-state index in [1.807, 2.05) is 0 Å². The van der Waals surface area contributed by atoms with Crippen LogP contribution in [0.3, 0.4) is 0 Å². The Bertz CT molecular complexity index is 112. The number of carbonyl (C=O) groups is 1. The molecule has 4 heteroatoms. The summed E-state index contributed by atoms with van der Waals surface area (Å²) in [4.78, 5) is 10.1. The molecule has 0 aromatic rings. The second-order valence-electron chi connectivity index (χ2n) is 1.34. The van der Waals surface area contributed by atoms with Crippen LogP contribution >= 0.6 is 12.4 Å². The average Bonchev–Trinajstić information content (AvgIpc) is 1.65. The van der Waals surface area contributed by atoms with Crippen LogP contribution in [0.25, 0.3) is 0 Å². The molecule has 0 saturated heterocycles. The highest BCUT2D eigenvalue weighted by Crippen LogP contribution is 1.85. The van der Waals surface area contributed by atoms with Crippen molar-refractivity contribution in [2.24, 2.45) is 5.73 Å². The number of carbonyl (C=O) groups excluding carboxylic acids is 1. The molecule has 0 aliphatic rings. The summed E-state index contributed by atoms with van der Waals surface area (Å²) < 4.78 is 0. The van der Waals surface area contributed by atoms with Crippen molar-refractivity contribution in [2.45, 2.75) is 13.8 Å². The third-order valence-electron chi connectivity index (χ3n) is 0.822. The highest BCUT2D eigenvalue weighted by molar-refractivity contribution is 5.91. The Kier molecular flexibility index (Phi) is 13.1. The normalized spacial score (nSPS) is 8.89. The number of primary amides is 1. The molecule has 0 unspecified atom stereocenters. The number of amides is 1. The van der Waals surface area contributed by atoms with E-state index in [1.54, 1.807) is 19.9 Å². The van der Waals surface area contributed by atoms with E-state index >= 15 is 0 Å². The lowest BCUT2D eigenvalue weighted by Gasteiger charge is -1.85. The van der Waals surface area contributed by atoms with Crippen LogP contribution in [0, 0.1) is 0 Å². The van der Waals surface area contributed by atoms with Crippen LogP contribution in [0.5, 0.6) is 0 Å². The van der Waals surface area contributed by atoms with Crippen LogP contribution in [0.4, 0.5) is 0 Å². The van der Waals surface area contributed by atoms with Gasteiger partial charge in [-0.25, -0.2) is 0 Å². The zero-order chi connectivity index (χ0) is 5.86. The lowest BCUT2D eigenvalue weighted by Crippen LogP contribution is -2.10. The van der Waals surface area contributed by atoms with Crippen molar-refractivity contribution in [3.63, 3.8) is 0 Å². The lowest BCUT2D eigenvalue weighted by atomic mass is 10.3. The molecule has 0 radical (unpaired) electrons. The highest BCUT2D eigenvalue weighted by atomic mass is 35.5. The molecule has 0 fully saturated rings. The number of rotatable bonds is 1. The minimum Gasteiger partial charge on any atom is -0.366 e. The minimum absolute atomic E-state index is 0. The Hall–Kier alpha value is -0.540. The van der Waals surface area contributed by atoms with E-state index in [4.69, 9.17) is 5.73 Å². The first-order valence-corrected chi connectivity index (χ1v) is 2.11. The van der Waals surface area contributed by atoms with Gasteiger partial charge in [-0.2, -0.15) is 0 Å². The van der Waals surface area contributed by atoms with Gasteiger partial charge in [0.15, 0.2) is 0 Å². The lowest BCUT2D eigenvalue weighted by molar-refractivity contribution is -0.114. The first-order chi connectivity index (χ1) is 3.18. The molecule has 0 saturated carbocycles. The summed E-state index contributed by atoms with van der Waals surface area (Å²) in [6, 6.07) is 0. The van der Waals surface area contributed by atoms with Crippen molar-refractivity contribution in [1.82, 2.24) is 6.15 Å². The molecule has 56 valence electrons. The molecule has 0 spiro atoms. The van der Waals surface area contributed by atoms with Gasteiger partial charge in [0, 0.05) is 5.57 Å². The second-order valence-corrected chi connectivity index (χ2v) is 1.34. The van der Waals surface area contributed by atoms with Crippen LogP contribution in [0.2, 0.25) is 0 Å². The number of nitrogens with two attached hydrogens (primary N) is 1. The Morgan fingerprint density at radius 3 is 1.89 bits per heavy atom. The zero-order valence-corrected chi connectivity index (χ0v) is 6.49. The van der Waals surface area contributed by atoms with Gasteiger partial charge in [0.1, 0.15) is 0 Å². The predicted molar refractivity (Wildman–Crippen MR) is 40.9 cm³/mol. The Labute approximate surface area is 61.3 Å². The van der Waals surface area contributed by atoms with Gasteiger partial charge < -0.3 is 11.9 Å². The van der Waals surface area contributed by atoms with Crippen molar-refractivity contribution in [2.75, 3.05) is 0 Å². The number of hydrogen-bond acceptors (Lipinski definition) is 2. The molecule has 1 amide bonds. The number of halogens is 1. The van der Waals surface area contributed by atoms with Gasteiger partial charge in [-0.15, -0.1) is 12.4 Å². The fourth-order valence-electron chi connectivity index (χ4n) is 0.142. The summed E-state index contributed by atoms with van der Waals surface area (Å²) in [6.45, 7) is 3.46. The molecule has 0 aromatic carbocycles. The molecule has 9 heavy (non-hydrogen) atoms. The monoisotopic (exact) mass is 152 g/mol. The van der Waals surface area contributed by atoms with E-state index in [0.29, 0.717) is 5.57 Å². The van der Waals surface area contributed by atoms with Crippen LogP contribution in [-0.4, -0.2) is 5.91 Å². The van der Waals surface area contributed by atoms with Crippen molar-refractivity contribution in [3.05, 3.63) is 11.6 Å². The molecule has 0 rings (SSSR count). The smallest absolute Gasteiger partial charge is 0.243 e. The fourth-order valence-corrected chi connectivity index (χ4v) is 0.142. The molecule has 0 aliphatic carbocycles. The third-order valence-corrected chi connectivity index (χ3v) is 0.822. The van der Waals surface area contributed by atoms with Crippen molar-refractivity contribution in [3.8, 4) is 0 Å². The molecular formula is C5H13ClN2O. The molecule has 0 aromatic heterocycles. The van der Waals surface area contributed by atoms with E-state index in [-0.39, 0.29) is 24.5 Å². The zero-order valence-electron chi connectivity index (χ0n) is 5.68. The highest BCUT2D eigenvalue weighted by Gasteiger charge is 1.90. The summed E-state index contributed by atoms with van der Waals surface area (Å²) in [6.07, 6.45) is 1.68. The van der Waals surface area contributed by atoms with E-state index in [9.17, 15) is 4.79 Å². The molecule has 0 atom stereocenters. The molecule has 0 bridgehead atoms. The topological polar surface area (TPSA) is 78.1 Å². The molecule has 5 N–H and O–H groups in total. The summed E-state index contributed by atoms with van der Waals surface area (Å²) in [5.74, 6) is -0.345. The van der Waals surface area contributed by atoms with E-state index < -0.39 is 0 Å². The second kappa shape index (κ2) is 7.46. The fraction of sp³-hybridized carbons (Fsp3) is 0.400. The molecular weight excluding hydrogens is 140 g/mol. The largest absolute Gasteiger partial charge is 0.366 e. The van der Waals surface area contributed by atoms with Crippen LogP contribution in [0.1, 0.15) is 13.8 Å². The van der Waals surface area contributed by atoms with Crippen LogP contribution < -0.4 is 11.9 Å². The van der Waals surface area contributed by atoms with Gasteiger partial charge in [0.25, 0.3) is 0 Å². The van der Waals surface area contributed by atoms with Gasteiger partial charge >= 0.3 is 0 Å². The van der Waals surface area contributed by atoms with Gasteiger partial charge in [-0.05, 0) is 13.8 Å². The number of allylic oxidation sites excluding steroid dienone is 1. The quantitative estimate of drug-likeness (QED) is 0.551. The maximum Gasteiger partial charge on any atom is 0.243 e. The van der Waals surface area contributed by atoms with Crippen LogP contribution in [-0.2, 0) is 4.79 Å². The average molecular weight is 153 g/mol. The SMILES string of the molecule is CC=C(C)C(N)=O.Cl.N. The van der Waals surface area contributed by atoms with Crippen LogP contribution in [0.15, 0.2) is 11.6 Å². The predicted octanol–water partition coefficient (Wildman–Crippen LogP) is 1.02. The van der Waals surface area contributed by atoms with Crippen molar-refractivity contribution in [1.29, 1.82) is 0 Å². The van der Waals surface area contributed by atoms with Crippen molar-refractivity contribution < 1.29 is 4.79 Å². The van der Waals surface area contributed by atoms with Gasteiger partial charge in [0.2, 0.25) is 5.91 Å². The summed E-state index contributed by atoms with van der Waals surface area (Å²) in [5, 5.41) is 0. The van der Waals surface area contributed by atoms with E-state index in [1.165, 1.54) is 0 Å². The van der Waals surface area contributed by atoms with Gasteiger partial charge in [-0.1, -0.05) is 6.08 Å².